The molecule has 2 amide bonds. The summed E-state index contributed by atoms with van der Waals surface area (Å²) < 4.78 is 47.1. The number of amides is 2. The van der Waals surface area contributed by atoms with Crippen LogP contribution in [0.5, 0.6) is 17.8 Å². The number of nitrogens with zero attached hydrogens (tertiary/aromatic N) is 3. The van der Waals surface area contributed by atoms with E-state index in [1.165, 1.54) is 39.5 Å². The van der Waals surface area contributed by atoms with Crippen molar-refractivity contribution in [3.05, 3.63) is 24.3 Å². The number of benzene rings is 1. The molecule has 0 bridgehead atoms. The van der Waals surface area contributed by atoms with Crippen LogP contribution in [-0.4, -0.2) is 57.0 Å². The zero-order chi connectivity index (χ0) is 20.7. The Morgan fingerprint density at radius 3 is 2.21 bits per heavy atom. The average Bonchev–Trinajstić information content (AvgIpc) is 2.67. The van der Waals surface area contributed by atoms with E-state index in [0.717, 1.165) is 0 Å². The van der Waals surface area contributed by atoms with Crippen molar-refractivity contribution >= 4 is 22.0 Å². The molecule has 28 heavy (non-hydrogen) atoms. The number of hydrogen-bond acceptors (Lipinski definition) is 10. The molecular weight excluding hydrogens is 394 g/mol. The van der Waals surface area contributed by atoms with Crippen LogP contribution >= 0.6 is 0 Å². The standard InChI is InChI=1S/C15H19N5O7S/c1-9(24-2)27-10-7-5-6-8-11(10)28(22,23)20-13(21)16-12-17-14(25-3)19-15(18-12)26-4/h5-9H,1-4H3,(H2,16,17,18,19,20,21). The topological polar surface area (TPSA) is 151 Å². The van der Waals surface area contributed by atoms with Gasteiger partial charge in [-0.3, -0.25) is 5.32 Å². The second-order valence-corrected chi connectivity index (χ2v) is 6.71. The fraction of sp³-hybridized carbons (Fsp3) is 0.333. The van der Waals surface area contributed by atoms with Gasteiger partial charge in [0.15, 0.2) is 6.29 Å². The predicted molar refractivity (Wildman–Crippen MR) is 95.8 cm³/mol. The molecule has 1 unspecified atom stereocenters. The number of aromatic nitrogens is 3. The third kappa shape index (κ3) is 5.40. The first-order valence-electron chi connectivity index (χ1n) is 7.75. The lowest BCUT2D eigenvalue weighted by Crippen LogP contribution is -2.35. The minimum absolute atomic E-state index is 0.0145. The molecule has 152 valence electrons. The highest BCUT2D eigenvalue weighted by Gasteiger charge is 2.23. The number of rotatable bonds is 8. The summed E-state index contributed by atoms with van der Waals surface area (Å²) in [6.07, 6.45) is -0.699. The number of para-hydroxylation sites is 1. The molecule has 0 spiro atoms. The Hall–Kier alpha value is -3.19. The lowest BCUT2D eigenvalue weighted by molar-refractivity contribution is -0.0399. The zero-order valence-electron chi connectivity index (χ0n) is 15.5. The number of nitrogens with one attached hydrogen (secondary N) is 2. The van der Waals surface area contributed by atoms with Crippen LogP contribution in [0.3, 0.4) is 0 Å². The largest absolute Gasteiger partial charge is 0.467 e. The van der Waals surface area contributed by atoms with Crippen LogP contribution in [0.2, 0.25) is 0 Å². The molecule has 0 fully saturated rings. The van der Waals surface area contributed by atoms with E-state index in [0.29, 0.717) is 0 Å². The Balaban J connectivity index is 2.20. The van der Waals surface area contributed by atoms with Crippen molar-refractivity contribution in [3.8, 4) is 17.8 Å². The van der Waals surface area contributed by atoms with Crippen LogP contribution in [0, 0.1) is 0 Å². The molecule has 13 heteroatoms. The Morgan fingerprint density at radius 2 is 1.64 bits per heavy atom. The number of methoxy groups -OCH3 is 3. The maximum Gasteiger partial charge on any atom is 0.335 e. The monoisotopic (exact) mass is 413 g/mol. The van der Waals surface area contributed by atoms with Crippen LogP contribution in [0.25, 0.3) is 0 Å². The van der Waals surface area contributed by atoms with Gasteiger partial charge in [0, 0.05) is 7.11 Å². The number of carbonyl (C=O) groups is 1. The molecule has 2 rings (SSSR count). The highest BCUT2D eigenvalue weighted by molar-refractivity contribution is 7.90. The molecule has 1 heterocycles. The number of carbonyl (C=O) groups excluding carboxylic acids is 1. The molecule has 2 aromatic rings. The molecule has 0 aliphatic heterocycles. The maximum absolute atomic E-state index is 12.6. The van der Waals surface area contributed by atoms with Crippen molar-refractivity contribution in [1.29, 1.82) is 0 Å². The van der Waals surface area contributed by atoms with Gasteiger partial charge in [-0.1, -0.05) is 12.1 Å². The van der Waals surface area contributed by atoms with E-state index in [-0.39, 0.29) is 28.6 Å². The number of sulfonamides is 1. The summed E-state index contributed by atoms with van der Waals surface area (Å²) in [7, 11) is -0.251. The van der Waals surface area contributed by atoms with Crippen LogP contribution in [0.4, 0.5) is 10.7 Å². The van der Waals surface area contributed by atoms with E-state index in [1.54, 1.807) is 13.0 Å². The van der Waals surface area contributed by atoms with Gasteiger partial charge in [-0.25, -0.2) is 17.9 Å². The van der Waals surface area contributed by atoms with Crippen molar-refractivity contribution in [1.82, 2.24) is 19.7 Å². The summed E-state index contributed by atoms with van der Waals surface area (Å²) in [4.78, 5) is 23.2. The van der Waals surface area contributed by atoms with Crippen LogP contribution in [0.1, 0.15) is 6.92 Å². The van der Waals surface area contributed by atoms with Crippen molar-refractivity contribution in [3.63, 3.8) is 0 Å². The smallest absolute Gasteiger partial charge is 0.335 e. The van der Waals surface area contributed by atoms with E-state index in [1.807, 2.05) is 4.72 Å². The molecule has 1 atom stereocenters. The maximum atomic E-state index is 12.6. The van der Waals surface area contributed by atoms with Crippen molar-refractivity contribution in [2.45, 2.75) is 18.1 Å². The fourth-order valence-electron chi connectivity index (χ4n) is 1.88. The van der Waals surface area contributed by atoms with E-state index >= 15 is 0 Å². The Labute approximate surface area is 161 Å². The van der Waals surface area contributed by atoms with Gasteiger partial charge in [0.25, 0.3) is 10.0 Å². The summed E-state index contributed by atoms with van der Waals surface area (Å²) in [5.41, 5.74) is 0. The minimum Gasteiger partial charge on any atom is -0.467 e. The second-order valence-electron chi connectivity index (χ2n) is 5.06. The lowest BCUT2D eigenvalue weighted by Gasteiger charge is -2.16. The minimum atomic E-state index is -4.27. The predicted octanol–water partition coefficient (Wildman–Crippen LogP) is 0.770. The quantitative estimate of drug-likeness (QED) is 0.594. The molecular formula is C15H19N5O7S. The molecule has 1 aromatic carbocycles. The van der Waals surface area contributed by atoms with Crippen molar-refractivity contribution in [2.24, 2.45) is 0 Å². The van der Waals surface area contributed by atoms with Gasteiger partial charge in [0.05, 0.1) is 14.2 Å². The van der Waals surface area contributed by atoms with Gasteiger partial charge in [0.1, 0.15) is 10.6 Å². The molecule has 12 nitrogen and oxygen atoms in total. The summed E-state index contributed by atoms with van der Waals surface area (Å²) in [5, 5.41) is 2.17. The number of hydrogen-bond donors (Lipinski definition) is 2. The zero-order valence-corrected chi connectivity index (χ0v) is 16.3. The summed E-state index contributed by atoms with van der Waals surface area (Å²) in [6.45, 7) is 1.59. The summed E-state index contributed by atoms with van der Waals surface area (Å²) in [6, 6.07) is 4.42. The van der Waals surface area contributed by atoms with Gasteiger partial charge >= 0.3 is 18.1 Å². The Morgan fingerprint density at radius 1 is 1.04 bits per heavy atom. The number of urea groups is 1. The molecule has 0 saturated heterocycles. The third-order valence-corrected chi connectivity index (χ3v) is 4.55. The van der Waals surface area contributed by atoms with E-state index in [4.69, 9.17) is 18.9 Å². The molecule has 2 N–H and O–H groups in total. The van der Waals surface area contributed by atoms with Gasteiger partial charge in [0.2, 0.25) is 5.95 Å². The first-order chi connectivity index (χ1) is 13.3. The van der Waals surface area contributed by atoms with E-state index in [2.05, 4.69) is 20.3 Å². The molecule has 0 aliphatic carbocycles. The third-order valence-electron chi connectivity index (χ3n) is 3.18. The van der Waals surface area contributed by atoms with Crippen molar-refractivity contribution in [2.75, 3.05) is 26.6 Å². The number of ether oxygens (including phenoxy) is 4. The Bertz CT molecular complexity index is 916. The van der Waals surface area contributed by atoms with Gasteiger partial charge in [-0.2, -0.15) is 9.97 Å². The first kappa shape index (κ1) is 21.1. The summed E-state index contributed by atoms with van der Waals surface area (Å²) >= 11 is 0. The fourth-order valence-corrected chi connectivity index (χ4v) is 2.92. The van der Waals surface area contributed by atoms with E-state index < -0.39 is 22.3 Å². The highest BCUT2D eigenvalue weighted by Crippen LogP contribution is 2.24. The van der Waals surface area contributed by atoms with Gasteiger partial charge < -0.3 is 18.9 Å². The second kappa shape index (κ2) is 9.14. The SMILES string of the molecule is COc1nc(NC(=O)NS(=O)(=O)c2ccccc2OC(C)OC)nc(OC)n1. The normalized spacial score (nSPS) is 12.0. The van der Waals surface area contributed by atoms with Crippen LogP contribution in [-0.2, 0) is 14.8 Å². The van der Waals surface area contributed by atoms with Crippen LogP contribution < -0.4 is 24.2 Å². The van der Waals surface area contributed by atoms with E-state index in [9.17, 15) is 13.2 Å². The average molecular weight is 413 g/mol. The van der Waals surface area contributed by atoms with Crippen molar-refractivity contribution < 1.29 is 32.2 Å². The summed E-state index contributed by atoms with van der Waals surface area (Å²) in [5.74, 6) is -0.255. The highest BCUT2D eigenvalue weighted by atomic mass is 32.2. The lowest BCUT2D eigenvalue weighted by atomic mass is 10.3. The van der Waals surface area contributed by atoms with Gasteiger partial charge in [-0.05, 0) is 19.1 Å². The molecule has 0 radical (unpaired) electrons. The number of anilines is 1. The first-order valence-corrected chi connectivity index (χ1v) is 9.23. The Kier molecular flexibility index (Phi) is 6.89. The molecule has 0 aliphatic rings. The molecule has 0 saturated carbocycles. The molecule has 1 aromatic heterocycles. The van der Waals surface area contributed by atoms with Gasteiger partial charge in [-0.15, -0.1) is 4.98 Å². The van der Waals surface area contributed by atoms with Crippen LogP contribution in [0.15, 0.2) is 29.2 Å².